The lowest BCUT2D eigenvalue weighted by atomic mass is 9.96. The van der Waals surface area contributed by atoms with Gasteiger partial charge in [-0.15, -0.1) is 11.6 Å². The summed E-state index contributed by atoms with van der Waals surface area (Å²) in [5, 5.41) is -2.18. The first-order valence-corrected chi connectivity index (χ1v) is 5.18. The molecule has 1 rings (SSSR count). The molecule has 0 aliphatic heterocycles. The zero-order valence-corrected chi connectivity index (χ0v) is 9.83. The number of rotatable bonds is 3. The molecule has 0 N–H and O–H groups in total. The molecule has 0 bridgehead atoms. The number of alkyl halides is 5. The molecule has 0 aliphatic carbocycles. The molecule has 1 atom stereocenters. The second-order valence-corrected chi connectivity index (χ2v) is 4.23. The fourth-order valence-electron chi connectivity index (χ4n) is 1.62. The zero-order valence-electron chi connectivity index (χ0n) is 9.08. The summed E-state index contributed by atoms with van der Waals surface area (Å²) in [6.07, 6.45) is -3.87. The van der Waals surface area contributed by atoms with E-state index in [4.69, 9.17) is 11.6 Å². The smallest absolute Gasteiger partial charge is 0.207 e. The summed E-state index contributed by atoms with van der Waals surface area (Å²) in [6.45, 7) is 2.70. The Kier molecular flexibility index (Phi) is 4.02. The summed E-state index contributed by atoms with van der Waals surface area (Å²) in [6, 6.07) is 1.97. The minimum Gasteiger partial charge on any atom is -0.207 e. The molecular formula is C11H10ClF5. The lowest BCUT2D eigenvalue weighted by Gasteiger charge is -2.24. The van der Waals surface area contributed by atoms with Crippen LogP contribution in [0.1, 0.15) is 22.1 Å². The molecule has 0 amide bonds. The Hall–Kier alpha value is -0.840. The van der Waals surface area contributed by atoms with Crippen molar-refractivity contribution < 1.29 is 22.0 Å². The molecule has 0 nitrogen and oxygen atoms in total. The van der Waals surface area contributed by atoms with E-state index in [9.17, 15) is 22.0 Å². The maximum Gasteiger partial charge on any atom is 0.327 e. The van der Waals surface area contributed by atoms with Crippen molar-refractivity contribution >= 4 is 11.6 Å². The Bertz CT molecular complexity index is 393. The molecule has 0 aliphatic rings. The molecule has 0 saturated carbocycles. The number of hydrogen-bond acceptors (Lipinski definition) is 0. The highest BCUT2D eigenvalue weighted by atomic mass is 35.5. The summed E-state index contributed by atoms with van der Waals surface area (Å²) in [7, 11) is 0. The Morgan fingerprint density at radius 2 is 1.53 bits per heavy atom. The van der Waals surface area contributed by atoms with Crippen LogP contribution < -0.4 is 0 Å². The van der Waals surface area contributed by atoms with Gasteiger partial charge in [-0.25, -0.2) is 13.2 Å². The summed E-state index contributed by atoms with van der Waals surface area (Å²) >= 11 is 5.40. The molecule has 0 spiro atoms. The molecule has 0 radical (unpaired) electrons. The van der Waals surface area contributed by atoms with E-state index in [0.717, 1.165) is 12.1 Å². The van der Waals surface area contributed by atoms with Gasteiger partial charge < -0.3 is 0 Å². The number of halogens is 6. The molecule has 6 heteroatoms. The lowest BCUT2D eigenvalue weighted by Crippen LogP contribution is -2.32. The lowest BCUT2D eigenvalue weighted by molar-refractivity contribution is -0.130. The van der Waals surface area contributed by atoms with Crippen LogP contribution in [0.25, 0.3) is 0 Å². The van der Waals surface area contributed by atoms with E-state index in [1.54, 1.807) is 0 Å². The monoisotopic (exact) mass is 272 g/mol. The van der Waals surface area contributed by atoms with Gasteiger partial charge >= 0.3 is 12.3 Å². The van der Waals surface area contributed by atoms with Crippen LogP contribution in [0.15, 0.2) is 12.1 Å². The van der Waals surface area contributed by atoms with Gasteiger partial charge in [-0.1, -0.05) is 0 Å². The average molecular weight is 273 g/mol. The zero-order chi connectivity index (χ0) is 13.4. The third-order valence-electron chi connectivity index (χ3n) is 2.44. The first-order valence-electron chi connectivity index (χ1n) is 4.74. The van der Waals surface area contributed by atoms with Crippen LogP contribution in [-0.2, 0) is 0 Å². The van der Waals surface area contributed by atoms with E-state index in [-0.39, 0.29) is 16.7 Å². The van der Waals surface area contributed by atoms with Crippen molar-refractivity contribution in [2.45, 2.75) is 31.6 Å². The molecule has 1 aromatic carbocycles. The first-order chi connectivity index (χ1) is 7.67. The second kappa shape index (κ2) is 4.80. The predicted molar refractivity (Wildman–Crippen MR) is 55.4 cm³/mol. The third-order valence-corrected chi connectivity index (χ3v) is 2.95. The molecule has 0 fully saturated rings. The summed E-state index contributed by atoms with van der Waals surface area (Å²) < 4.78 is 63.5. The van der Waals surface area contributed by atoms with Gasteiger partial charge in [-0.2, -0.15) is 8.78 Å². The Morgan fingerprint density at radius 1 is 1.12 bits per heavy atom. The van der Waals surface area contributed by atoms with E-state index < -0.39 is 23.5 Å². The normalized spacial score (nSPS) is 14.2. The van der Waals surface area contributed by atoms with Gasteiger partial charge in [0, 0.05) is 0 Å². The van der Waals surface area contributed by atoms with E-state index in [2.05, 4.69) is 0 Å². The van der Waals surface area contributed by atoms with Gasteiger partial charge in [0.05, 0.1) is 0 Å². The number of benzene rings is 1. The Balaban J connectivity index is 3.26. The summed E-state index contributed by atoms with van der Waals surface area (Å²) in [5.74, 6) is -4.97. The highest BCUT2D eigenvalue weighted by Crippen LogP contribution is 2.43. The SMILES string of the molecule is Cc1cc(F)cc(C)c1C(Cl)C(F)(F)C(F)F. The number of hydrogen-bond donors (Lipinski definition) is 0. The standard InChI is InChI=1S/C11H10ClF5/c1-5-3-7(13)4-6(2)8(5)9(12)11(16,17)10(14)15/h3-4,9-10H,1-2H3. The first kappa shape index (κ1) is 14.2. The molecule has 17 heavy (non-hydrogen) atoms. The fourth-order valence-corrected chi connectivity index (χ4v) is 2.06. The van der Waals surface area contributed by atoms with Crippen LogP contribution in [0.4, 0.5) is 22.0 Å². The van der Waals surface area contributed by atoms with Crippen molar-refractivity contribution in [1.29, 1.82) is 0 Å². The van der Waals surface area contributed by atoms with Gasteiger partial charge in [0.15, 0.2) is 0 Å². The topological polar surface area (TPSA) is 0 Å². The van der Waals surface area contributed by atoms with Gasteiger partial charge in [0.2, 0.25) is 0 Å². The van der Waals surface area contributed by atoms with Crippen molar-refractivity contribution in [3.05, 3.63) is 34.6 Å². The van der Waals surface area contributed by atoms with Crippen LogP contribution in [0.3, 0.4) is 0 Å². The van der Waals surface area contributed by atoms with Crippen molar-refractivity contribution in [3.8, 4) is 0 Å². The second-order valence-electron chi connectivity index (χ2n) is 3.79. The number of aryl methyl sites for hydroxylation is 2. The average Bonchev–Trinajstić information content (AvgIpc) is 2.15. The van der Waals surface area contributed by atoms with Crippen LogP contribution in [0, 0.1) is 19.7 Å². The summed E-state index contributed by atoms with van der Waals surface area (Å²) in [4.78, 5) is 0. The van der Waals surface area contributed by atoms with Gasteiger partial charge in [0.25, 0.3) is 0 Å². The van der Waals surface area contributed by atoms with Gasteiger partial charge in [-0.3, -0.25) is 0 Å². The molecular weight excluding hydrogens is 263 g/mol. The molecule has 0 aromatic heterocycles. The molecule has 0 saturated heterocycles. The minimum absolute atomic E-state index is 0.128. The van der Waals surface area contributed by atoms with Crippen molar-refractivity contribution in [1.82, 2.24) is 0 Å². The van der Waals surface area contributed by atoms with E-state index in [1.165, 1.54) is 13.8 Å². The van der Waals surface area contributed by atoms with Crippen LogP contribution in [0.2, 0.25) is 0 Å². The van der Waals surface area contributed by atoms with Gasteiger partial charge in [0.1, 0.15) is 11.2 Å². The van der Waals surface area contributed by atoms with E-state index in [1.807, 2.05) is 0 Å². The highest BCUT2D eigenvalue weighted by Gasteiger charge is 2.49. The third kappa shape index (κ3) is 2.70. The van der Waals surface area contributed by atoms with Crippen molar-refractivity contribution in [2.75, 3.05) is 0 Å². The maximum atomic E-state index is 13.1. The van der Waals surface area contributed by atoms with Crippen molar-refractivity contribution in [2.24, 2.45) is 0 Å². The van der Waals surface area contributed by atoms with Crippen LogP contribution in [-0.4, -0.2) is 12.3 Å². The Morgan fingerprint density at radius 3 is 1.88 bits per heavy atom. The molecule has 0 heterocycles. The predicted octanol–water partition coefficient (Wildman–Crippen LogP) is 4.62. The summed E-state index contributed by atoms with van der Waals surface area (Å²) in [5.41, 5.74) is 0.101. The fraction of sp³-hybridized carbons (Fsp3) is 0.455. The van der Waals surface area contributed by atoms with E-state index >= 15 is 0 Å². The minimum atomic E-state index is -4.35. The largest absolute Gasteiger partial charge is 0.327 e. The van der Waals surface area contributed by atoms with Gasteiger partial charge in [-0.05, 0) is 42.7 Å². The van der Waals surface area contributed by atoms with Crippen LogP contribution in [0.5, 0.6) is 0 Å². The molecule has 1 aromatic rings. The van der Waals surface area contributed by atoms with Crippen LogP contribution >= 0.6 is 11.6 Å². The molecule has 96 valence electrons. The van der Waals surface area contributed by atoms with Crippen molar-refractivity contribution in [3.63, 3.8) is 0 Å². The Labute approximate surface area is 100 Å². The van der Waals surface area contributed by atoms with E-state index in [0.29, 0.717) is 0 Å². The quantitative estimate of drug-likeness (QED) is 0.556. The maximum absolute atomic E-state index is 13.1. The highest BCUT2D eigenvalue weighted by molar-refractivity contribution is 6.21. The molecule has 1 unspecified atom stereocenters.